The van der Waals surface area contributed by atoms with Crippen LogP contribution >= 0.6 is 0 Å². The van der Waals surface area contributed by atoms with Crippen molar-refractivity contribution in [3.63, 3.8) is 0 Å². The van der Waals surface area contributed by atoms with E-state index in [4.69, 9.17) is 0 Å². The first-order valence-electron chi connectivity index (χ1n) is 7.47. The monoisotopic (exact) mass is 277 g/mol. The summed E-state index contributed by atoms with van der Waals surface area (Å²) in [5, 5.41) is 3.45. The SMILES string of the molecule is Cc1cc(C)c(B=CNc2c(C)cc(C)cc2C)c(C)c1. The van der Waals surface area contributed by atoms with Crippen molar-refractivity contribution in [1.29, 1.82) is 0 Å². The Hall–Kier alpha value is -1.83. The van der Waals surface area contributed by atoms with Gasteiger partial charge in [-0.3, -0.25) is 0 Å². The van der Waals surface area contributed by atoms with Crippen molar-refractivity contribution >= 4 is 24.2 Å². The predicted molar refractivity (Wildman–Crippen MR) is 96.4 cm³/mol. The average Bonchev–Trinajstić information content (AvgIpc) is 2.34. The third-order valence-electron chi connectivity index (χ3n) is 3.89. The van der Waals surface area contributed by atoms with E-state index in [2.05, 4.69) is 84.1 Å². The Labute approximate surface area is 129 Å². The molecule has 0 saturated carbocycles. The third-order valence-corrected chi connectivity index (χ3v) is 3.89. The van der Waals surface area contributed by atoms with E-state index < -0.39 is 0 Å². The molecule has 0 amide bonds. The molecule has 0 aliphatic heterocycles. The molecule has 108 valence electrons. The molecule has 0 bridgehead atoms. The minimum atomic E-state index is 1.21. The van der Waals surface area contributed by atoms with Gasteiger partial charge in [-0.2, -0.15) is 0 Å². The minimum absolute atomic E-state index is 1.21. The first-order chi connectivity index (χ1) is 9.88. The topological polar surface area (TPSA) is 12.0 Å². The number of hydrogen-bond donors (Lipinski definition) is 1. The molecule has 0 fully saturated rings. The Morgan fingerprint density at radius 1 is 0.714 bits per heavy atom. The van der Waals surface area contributed by atoms with Crippen LogP contribution in [0.25, 0.3) is 0 Å². The van der Waals surface area contributed by atoms with Crippen molar-refractivity contribution in [3.8, 4) is 0 Å². The van der Waals surface area contributed by atoms with Crippen molar-refractivity contribution in [1.82, 2.24) is 0 Å². The molecule has 0 radical (unpaired) electrons. The molecule has 0 aromatic heterocycles. The molecular formula is C19H24BN. The van der Waals surface area contributed by atoms with Gasteiger partial charge in [-0.25, -0.2) is 0 Å². The molecule has 1 N–H and O–H groups in total. The number of aryl methyl sites for hydroxylation is 6. The van der Waals surface area contributed by atoms with Gasteiger partial charge in [0.1, 0.15) is 0 Å². The number of hydrogen-bond acceptors (Lipinski definition) is 1. The van der Waals surface area contributed by atoms with Gasteiger partial charge in [0.25, 0.3) is 0 Å². The van der Waals surface area contributed by atoms with E-state index in [0.717, 1.165) is 0 Å². The van der Waals surface area contributed by atoms with E-state index in [1.165, 1.54) is 44.5 Å². The van der Waals surface area contributed by atoms with Gasteiger partial charge in [0.2, 0.25) is 0 Å². The van der Waals surface area contributed by atoms with E-state index in [1.807, 2.05) is 0 Å². The van der Waals surface area contributed by atoms with Crippen LogP contribution in [-0.4, -0.2) is 13.0 Å². The molecule has 0 atom stereocenters. The fourth-order valence-electron chi connectivity index (χ4n) is 3.07. The number of anilines is 1. The molecule has 0 aliphatic rings. The zero-order chi connectivity index (χ0) is 15.6. The Kier molecular flexibility index (Phi) is 4.67. The van der Waals surface area contributed by atoms with Crippen LogP contribution in [0.1, 0.15) is 33.4 Å². The second-order valence-electron chi connectivity index (χ2n) is 6.06. The third kappa shape index (κ3) is 3.63. The molecule has 0 saturated heterocycles. The summed E-state index contributed by atoms with van der Waals surface area (Å²) in [4.78, 5) is 0. The molecule has 0 heterocycles. The van der Waals surface area contributed by atoms with Gasteiger partial charge in [0, 0.05) is 0 Å². The second kappa shape index (κ2) is 6.30. The van der Waals surface area contributed by atoms with Crippen molar-refractivity contribution in [2.45, 2.75) is 41.5 Å². The van der Waals surface area contributed by atoms with E-state index in [-0.39, 0.29) is 0 Å². The summed E-state index contributed by atoms with van der Waals surface area (Å²) < 4.78 is 0. The Bertz CT molecular complexity index is 653. The molecule has 0 unspecified atom stereocenters. The van der Waals surface area contributed by atoms with Crippen LogP contribution in [0, 0.1) is 41.5 Å². The molecule has 2 heteroatoms. The van der Waals surface area contributed by atoms with Crippen molar-refractivity contribution < 1.29 is 0 Å². The van der Waals surface area contributed by atoms with Gasteiger partial charge >= 0.3 is 129 Å². The fraction of sp³-hybridized carbons (Fsp3) is 0.316. The van der Waals surface area contributed by atoms with Crippen LogP contribution in [0.15, 0.2) is 24.3 Å². The van der Waals surface area contributed by atoms with E-state index in [1.54, 1.807) is 0 Å². The molecule has 2 aromatic carbocycles. The summed E-state index contributed by atoms with van der Waals surface area (Å²) in [5.74, 6) is 0. The van der Waals surface area contributed by atoms with Crippen LogP contribution < -0.4 is 10.8 Å². The van der Waals surface area contributed by atoms with E-state index in [9.17, 15) is 0 Å². The van der Waals surface area contributed by atoms with Crippen LogP contribution in [0.4, 0.5) is 5.69 Å². The zero-order valence-corrected chi connectivity index (χ0v) is 14.0. The van der Waals surface area contributed by atoms with Gasteiger partial charge in [-0.15, -0.1) is 0 Å². The summed E-state index contributed by atoms with van der Waals surface area (Å²) in [7, 11) is 0. The Morgan fingerprint density at radius 3 is 1.62 bits per heavy atom. The average molecular weight is 277 g/mol. The molecular weight excluding hydrogens is 253 g/mol. The van der Waals surface area contributed by atoms with Crippen molar-refractivity contribution in [3.05, 3.63) is 57.6 Å². The quantitative estimate of drug-likeness (QED) is 0.843. The standard InChI is InChI=1S/C19H24BN/c1-12-7-14(3)18(15(4)8-12)20-11-21-19-16(5)9-13(2)10-17(19)6/h7-11,21H,1-6H3. The van der Waals surface area contributed by atoms with Gasteiger partial charge in [-0.1, -0.05) is 0 Å². The fourth-order valence-corrected chi connectivity index (χ4v) is 3.07. The molecule has 0 aliphatic carbocycles. The van der Waals surface area contributed by atoms with Crippen LogP contribution in [-0.2, 0) is 0 Å². The van der Waals surface area contributed by atoms with E-state index >= 15 is 0 Å². The van der Waals surface area contributed by atoms with Crippen LogP contribution in [0.5, 0.6) is 0 Å². The van der Waals surface area contributed by atoms with Gasteiger partial charge in [-0.05, 0) is 0 Å². The first-order valence-corrected chi connectivity index (χ1v) is 7.47. The Morgan fingerprint density at radius 2 is 1.14 bits per heavy atom. The number of rotatable bonds is 3. The Balaban J connectivity index is 2.25. The van der Waals surface area contributed by atoms with Gasteiger partial charge in [0.15, 0.2) is 0 Å². The van der Waals surface area contributed by atoms with Crippen LogP contribution in [0.3, 0.4) is 0 Å². The number of benzene rings is 2. The molecule has 1 nitrogen and oxygen atoms in total. The summed E-state index contributed by atoms with van der Waals surface area (Å²) >= 11 is 0. The van der Waals surface area contributed by atoms with Crippen molar-refractivity contribution in [2.75, 3.05) is 5.32 Å². The summed E-state index contributed by atoms with van der Waals surface area (Å²) in [6.45, 7) is 15.1. The molecule has 0 spiro atoms. The summed E-state index contributed by atoms with van der Waals surface area (Å²) in [5.41, 5.74) is 10.4. The van der Waals surface area contributed by atoms with Gasteiger partial charge in [0.05, 0.1) is 0 Å². The van der Waals surface area contributed by atoms with Gasteiger partial charge < -0.3 is 0 Å². The summed E-state index contributed by atoms with van der Waals surface area (Å²) in [6.07, 6.45) is 2.05. The second-order valence-corrected chi connectivity index (χ2v) is 6.06. The predicted octanol–water partition coefficient (Wildman–Crippen LogP) is 3.74. The van der Waals surface area contributed by atoms with E-state index in [0.29, 0.717) is 0 Å². The molecule has 2 aromatic rings. The molecule has 2 rings (SSSR count). The maximum atomic E-state index is 3.45. The first kappa shape index (κ1) is 15.6. The molecule has 21 heavy (non-hydrogen) atoms. The summed E-state index contributed by atoms with van der Waals surface area (Å²) in [6, 6.07) is 8.89. The number of nitrogens with one attached hydrogen (secondary N) is 1. The van der Waals surface area contributed by atoms with Crippen LogP contribution in [0.2, 0.25) is 0 Å². The van der Waals surface area contributed by atoms with Crippen molar-refractivity contribution in [2.24, 2.45) is 0 Å². The zero-order valence-electron chi connectivity index (χ0n) is 14.0. The maximum absolute atomic E-state index is 3.45. The normalized spacial score (nSPS) is 10.8.